The predicted molar refractivity (Wildman–Crippen MR) is 54.0 cm³/mol. The van der Waals surface area contributed by atoms with Gasteiger partial charge in [0.05, 0.1) is 11.2 Å². The minimum absolute atomic E-state index is 0.214. The van der Waals surface area contributed by atoms with Crippen molar-refractivity contribution in [2.24, 2.45) is 0 Å². The van der Waals surface area contributed by atoms with Gasteiger partial charge < -0.3 is 10.4 Å². The highest BCUT2D eigenvalue weighted by molar-refractivity contribution is 5.36. The van der Waals surface area contributed by atoms with E-state index in [1.165, 1.54) is 6.07 Å². The van der Waals surface area contributed by atoms with Gasteiger partial charge in [-0.15, -0.1) is 0 Å². The SMILES string of the molecule is CC(C)(O)CNc1ccc(C(F)(F)F)cn1. The second-order valence-corrected chi connectivity index (χ2v) is 4.10. The first-order valence-corrected chi connectivity index (χ1v) is 4.68. The molecule has 90 valence electrons. The molecule has 6 heteroatoms. The Bertz CT molecular complexity index is 341. The maximum atomic E-state index is 12.2. The molecule has 0 fully saturated rings. The van der Waals surface area contributed by atoms with Gasteiger partial charge >= 0.3 is 6.18 Å². The highest BCUT2D eigenvalue weighted by Crippen LogP contribution is 2.28. The molecule has 0 amide bonds. The van der Waals surface area contributed by atoms with Crippen LogP contribution in [0.4, 0.5) is 19.0 Å². The van der Waals surface area contributed by atoms with Crippen LogP contribution in [0, 0.1) is 0 Å². The van der Waals surface area contributed by atoms with E-state index in [1.54, 1.807) is 13.8 Å². The van der Waals surface area contributed by atoms with Crippen molar-refractivity contribution in [3.63, 3.8) is 0 Å². The summed E-state index contributed by atoms with van der Waals surface area (Å²) in [6, 6.07) is 2.17. The Morgan fingerprint density at radius 3 is 2.31 bits per heavy atom. The average Bonchev–Trinajstić information content (AvgIpc) is 2.13. The van der Waals surface area contributed by atoms with Gasteiger partial charge in [0.2, 0.25) is 0 Å². The van der Waals surface area contributed by atoms with Crippen LogP contribution in [0.1, 0.15) is 19.4 Å². The summed E-state index contributed by atoms with van der Waals surface area (Å²) in [5.41, 5.74) is -1.73. The van der Waals surface area contributed by atoms with E-state index in [9.17, 15) is 18.3 Å². The molecule has 1 aromatic heterocycles. The zero-order chi connectivity index (χ0) is 12.4. The number of hydrogen-bond acceptors (Lipinski definition) is 3. The van der Waals surface area contributed by atoms with E-state index in [-0.39, 0.29) is 6.54 Å². The fourth-order valence-corrected chi connectivity index (χ4v) is 0.973. The predicted octanol–water partition coefficient (Wildman–Crippen LogP) is 2.28. The molecule has 3 nitrogen and oxygen atoms in total. The summed E-state index contributed by atoms with van der Waals surface area (Å²) < 4.78 is 36.6. The molecule has 0 bridgehead atoms. The molecular formula is C10H13F3N2O. The number of hydrogen-bond donors (Lipinski definition) is 2. The number of aromatic nitrogens is 1. The Hall–Kier alpha value is -1.30. The number of anilines is 1. The van der Waals surface area contributed by atoms with E-state index in [0.29, 0.717) is 5.82 Å². The topological polar surface area (TPSA) is 45.1 Å². The summed E-state index contributed by atoms with van der Waals surface area (Å²) in [5.74, 6) is 0.301. The van der Waals surface area contributed by atoms with Crippen LogP contribution in [0.3, 0.4) is 0 Å². The standard InChI is InChI=1S/C10H13F3N2O/c1-9(2,16)6-15-8-4-3-7(5-14-8)10(11,12)13/h3-5,16H,6H2,1-2H3,(H,14,15). The zero-order valence-electron chi connectivity index (χ0n) is 8.97. The molecule has 1 rings (SSSR count). The van der Waals surface area contributed by atoms with E-state index in [2.05, 4.69) is 10.3 Å². The molecular weight excluding hydrogens is 221 g/mol. The lowest BCUT2D eigenvalue weighted by Gasteiger charge is -2.18. The summed E-state index contributed by atoms with van der Waals surface area (Å²) in [4.78, 5) is 3.61. The molecule has 0 aliphatic carbocycles. The largest absolute Gasteiger partial charge is 0.417 e. The second-order valence-electron chi connectivity index (χ2n) is 4.10. The number of alkyl halides is 3. The number of halogens is 3. The fourth-order valence-electron chi connectivity index (χ4n) is 0.973. The van der Waals surface area contributed by atoms with Crippen LogP contribution in [0.25, 0.3) is 0 Å². The Morgan fingerprint density at radius 1 is 1.31 bits per heavy atom. The Kier molecular flexibility index (Phi) is 3.42. The lowest BCUT2D eigenvalue weighted by molar-refractivity contribution is -0.137. The Morgan fingerprint density at radius 2 is 1.94 bits per heavy atom. The summed E-state index contributed by atoms with van der Waals surface area (Å²) in [5, 5.41) is 12.1. The van der Waals surface area contributed by atoms with E-state index in [1.807, 2.05) is 0 Å². The number of pyridine rings is 1. The normalized spacial score (nSPS) is 12.6. The first-order valence-electron chi connectivity index (χ1n) is 4.68. The Balaban J connectivity index is 2.66. The first kappa shape index (κ1) is 12.8. The molecule has 0 saturated heterocycles. The van der Waals surface area contributed by atoms with Gasteiger partial charge in [-0.3, -0.25) is 0 Å². The van der Waals surface area contributed by atoms with Crippen LogP contribution in [0.15, 0.2) is 18.3 Å². The van der Waals surface area contributed by atoms with Crippen molar-refractivity contribution in [1.82, 2.24) is 4.98 Å². The zero-order valence-corrected chi connectivity index (χ0v) is 8.97. The van der Waals surface area contributed by atoms with Crippen molar-refractivity contribution >= 4 is 5.82 Å². The first-order chi connectivity index (χ1) is 7.18. The number of rotatable bonds is 3. The van der Waals surface area contributed by atoms with E-state index in [0.717, 1.165) is 12.3 Å². The number of nitrogens with one attached hydrogen (secondary N) is 1. The Labute approximate surface area is 91.3 Å². The monoisotopic (exact) mass is 234 g/mol. The molecule has 0 aromatic carbocycles. The van der Waals surface area contributed by atoms with Gasteiger partial charge in [0.1, 0.15) is 5.82 Å². The number of nitrogens with zero attached hydrogens (tertiary/aromatic N) is 1. The van der Waals surface area contributed by atoms with Crippen LogP contribution >= 0.6 is 0 Å². The molecule has 0 unspecified atom stereocenters. The molecule has 0 aliphatic heterocycles. The maximum absolute atomic E-state index is 12.2. The molecule has 2 N–H and O–H groups in total. The highest BCUT2D eigenvalue weighted by atomic mass is 19.4. The third-order valence-electron chi connectivity index (χ3n) is 1.79. The van der Waals surface area contributed by atoms with E-state index < -0.39 is 17.3 Å². The molecule has 0 spiro atoms. The van der Waals surface area contributed by atoms with E-state index in [4.69, 9.17) is 0 Å². The van der Waals surface area contributed by atoms with Gasteiger partial charge in [0.15, 0.2) is 0 Å². The van der Waals surface area contributed by atoms with Gasteiger partial charge in [-0.05, 0) is 26.0 Å². The van der Waals surface area contributed by atoms with Gasteiger partial charge in [-0.2, -0.15) is 13.2 Å². The molecule has 1 heterocycles. The minimum Gasteiger partial charge on any atom is -0.389 e. The lowest BCUT2D eigenvalue weighted by atomic mass is 10.1. The van der Waals surface area contributed by atoms with Gasteiger partial charge in [0, 0.05) is 12.7 Å². The van der Waals surface area contributed by atoms with Crippen molar-refractivity contribution in [2.75, 3.05) is 11.9 Å². The summed E-state index contributed by atoms with van der Waals surface area (Å²) in [6.45, 7) is 3.39. The highest BCUT2D eigenvalue weighted by Gasteiger charge is 2.30. The third-order valence-corrected chi connectivity index (χ3v) is 1.79. The molecule has 0 aliphatic rings. The maximum Gasteiger partial charge on any atom is 0.417 e. The average molecular weight is 234 g/mol. The number of aliphatic hydroxyl groups is 1. The van der Waals surface area contributed by atoms with Crippen molar-refractivity contribution < 1.29 is 18.3 Å². The summed E-state index contributed by atoms with van der Waals surface area (Å²) in [7, 11) is 0. The quantitative estimate of drug-likeness (QED) is 0.843. The second kappa shape index (κ2) is 4.29. The van der Waals surface area contributed by atoms with Crippen molar-refractivity contribution in [3.8, 4) is 0 Å². The van der Waals surface area contributed by atoms with Crippen LogP contribution in [-0.2, 0) is 6.18 Å². The van der Waals surface area contributed by atoms with Gasteiger partial charge in [-0.25, -0.2) is 4.98 Å². The van der Waals surface area contributed by atoms with Gasteiger partial charge in [-0.1, -0.05) is 0 Å². The van der Waals surface area contributed by atoms with Gasteiger partial charge in [0.25, 0.3) is 0 Å². The van der Waals surface area contributed by atoms with Crippen LogP contribution < -0.4 is 5.32 Å². The van der Waals surface area contributed by atoms with Crippen molar-refractivity contribution in [1.29, 1.82) is 0 Å². The molecule has 16 heavy (non-hydrogen) atoms. The van der Waals surface area contributed by atoms with Crippen molar-refractivity contribution in [2.45, 2.75) is 25.6 Å². The molecule has 0 atom stereocenters. The van der Waals surface area contributed by atoms with E-state index >= 15 is 0 Å². The molecule has 0 radical (unpaired) electrons. The minimum atomic E-state index is -4.37. The van der Waals surface area contributed by atoms with Crippen molar-refractivity contribution in [3.05, 3.63) is 23.9 Å². The van der Waals surface area contributed by atoms with Crippen LogP contribution in [0.5, 0.6) is 0 Å². The van der Waals surface area contributed by atoms with Crippen LogP contribution in [0.2, 0.25) is 0 Å². The third kappa shape index (κ3) is 4.06. The van der Waals surface area contributed by atoms with Crippen LogP contribution in [-0.4, -0.2) is 22.2 Å². The lowest BCUT2D eigenvalue weighted by Crippen LogP contribution is -2.29. The molecule has 0 saturated carbocycles. The fraction of sp³-hybridized carbons (Fsp3) is 0.500. The molecule has 1 aromatic rings. The summed E-state index contributed by atoms with van der Waals surface area (Å²) in [6.07, 6.45) is -3.62. The summed E-state index contributed by atoms with van der Waals surface area (Å²) >= 11 is 0. The smallest absolute Gasteiger partial charge is 0.389 e.